The van der Waals surface area contributed by atoms with Gasteiger partial charge in [-0.15, -0.1) is 0 Å². The van der Waals surface area contributed by atoms with Crippen molar-refractivity contribution in [3.8, 4) is 0 Å². The van der Waals surface area contributed by atoms with Crippen LogP contribution in [0.5, 0.6) is 0 Å². The van der Waals surface area contributed by atoms with E-state index in [1.807, 2.05) is 13.8 Å². The van der Waals surface area contributed by atoms with Crippen molar-refractivity contribution in [2.45, 2.75) is 104 Å². The van der Waals surface area contributed by atoms with Crippen LogP contribution in [-0.2, 0) is 4.74 Å². The van der Waals surface area contributed by atoms with Gasteiger partial charge in [-0.1, -0.05) is 30.7 Å². The van der Waals surface area contributed by atoms with Crippen molar-refractivity contribution in [1.29, 1.82) is 0 Å². The van der Waals surface area contributed by atoms with E-state index in [0.29, 0.717) is 24.9 Å². The summed E-state index contributed by atoms with van der Waals surface area (Å²) in [5.74, 6) is 1.18. The molecule has 1 saturated carbocycles. The molecular weight excluding hydrogens is 360 g/mol. The molecular formula is C26H42O3. The van der Waals surface area contributed by atoms with Crippen LogP contribution >= 0.6 is 0 Å². The van der Waals surface area contributed by atoms with Gasteiger partial charge < -0.3 is 14.9 Å². The summed E-state index contributed by atoms with van der Waals surface area (Å²) >= 11 is 0. The van der Waals surface area contributed by atoms with E-state index in [9.17, 15) is 10.2 Å². The quantitative estimate of drug-likeness (QED) is 0.572. The Labute approximate surface area is 177 Å². The number of hydrogen-bond acceptors (Lipinski definition) is 3. The predicted molar refractivity (Wildman–Crippen MR) is 120 cm³/mol. The van der Waals surface area contributed by atoms with Crippen LogP contribution in [0.1, 0.15) is 86.0 Å². The van der Waals surface area contributed by atoms with Crippen molar-refractivity contribution in [3.05, 3.63) is 34.9 Å². The third-order valence-electron chi connectivity index (χ3n) is 7.87. The molecule has 3 nitrogen and oxygen atoms in total. The highest BCUT2D eigenvalue weighted by atomic mass is 16.5. The minimum absolute atomic E-state index is 0.179. The lowest BCUT2D eigenvalue weighted by atomic mass is 9.64. The van der Waals surface area contributed by atoms with Crippen LogP contribution in [0.15, 0.2) is 34.9 Å². The average molecular weight is 403 g/mol. The topological polar surface area (TPSA) is 49.7 Å². The first-order chi connectivity index (χ1) is 13.6. The lowest BCUT2D eigenvalue weighted by Gasteiger charge is -2.42. The second kappa shape index (κ2) is 9.08. The standard InChI is InChI=1S/C26H42O3/c1-18-8-11-22(27)17-21(18)10-9-20-7-6-14-26(5)23(12-13-24(20)26)19(2)29-16-15-25(3,4)28/h7,9-10,19,22-24,27-28H,6,8,11-17H2,1-5H3/t19-,22-,23+,24-,26+/m0/s1. The Morgan fingerprint density at radius 2 is 2.03 bits per heavy atom. The largest absolute Gasteiger partial charge is 0.393 e. The zero-order valence-corrected chi connectivity index (χ0v) is 19.2. The van der Waals surface area contributed by atoms with E-state index in [1.54, 1.807) is 0 Å². The van der Waals surface area contributed by atoms with Crippen molar-refractivity contribution in [2.24, 2.45) is 17.3 Å². The Balaban J connectivity index is 1.66. The average Bonchev–Trinajstić information content (AvgIpc) is 2.99. The van der Waals surface area contributed by atoms with Crippen LogP contribution in [0, 0.1) is 17.3 Å². The fourth-order valence-electron chi connectivity index (χ4n) is 5.91. The van der Waals surface area contributed by atoms with Gasteiger partial charge in [-0.25, -0.2) is 0 Å². The van der Waals surface area contributed by atoms with Gasteiger partial charge in [0.05, 0.1) is 17.8 Å². The number of aliphatic hydroxyl groups is 2. The summed E-state index contributed by atoms with van der Waals surface area (Å²) in [7, 11) is 0. The smallest absolute Gasteiger partial charge is 0.0613 e. The predicted octanol–water partition coefficient (Wildman–Crippen LogP) is 5.72. The molecule has 0 aliphatic heterocycles. The summed E-state index contributed by atoms with van der Waals surface area (Å²) in [4.78, 5) is 0. The first-order valence-corrected chi connectivity index (χ1v) is 11.7. The fraction of sp³-hybridized carbons (Fsp3) is 0.769. The molecule has 3 aliphatic carbocycles. The molecule has 0 unspecified atom stereocenters. The molecule has 1 fully saturated rings. The maximum atomic E-state index is 10.0. The van der Waals surface area contributed by atoms with Gasteiger partial charge in [-0.2, -0.15) is 0 Å². The summed E-state index contributed by atoms with van der Waals surface area (Å²) in [6, 6.07) is 0. The summed E-state index contributed by atoms with van der Waals surface area (Å²) in [6.45, 7) is 11.2. The molecule has 0 spiro atoms. The minimum atomic E-state index is -0.660. The van der Waals surface area contributed by atoms with Crippen LogP contribution in [0.25, 0.3) is 0 Å². The molecule has 0 aromatic carbocycles. The van der Waals surface area contributed by atoms with Crippen molar-refractivity contribution >= 4 is 0 Å². The summed E-state index contributed by atoms with van der Waals surface area (Å²) < 4.78 is 6.20. The number of allylic oxidation sites excluding steroid dienone is 5. The van der Waals surface area contributed by atoms with Gasteiger partial charge in [-0.05, 0) is 107 Å². The zero-order chi connectivity index (χ0) is 21.2. The molecule has 29 heavy (non-hydrogen) atoms. The second-order valence-electron chi connectivity index (χ2n) is 10.7. The molecule has 3 rings (SSSR count). The third-order valence-corrected chi connectivity index (χ3v) is 7.87. The zero-order valence-electron chi connectivity index (χ0n) is 19.2. The van der Waals surface area contributed by atoms with E-state index in [4.69, 9.17) is 4.74 Å². The molecule has 0 radical (unpaired) electrons. The van der Waals surface area contributed by atoms with E-state index in [-0.39, 0.29) is 17.6 Å². The van der Waals surface area contributed by atoms with Crippen LogP contribution in [0.4, 0.5) is 0 Å². The third kappa shape index (κ3) is 5.42. The lowest BCUT2D eigenvalue weighted by Crippen LogP contribution is -2.38. The van der Waals surface area contributed by atoms with E-state index >= 15 is 0 Å². The highest BCUT2D eigenvalue weighted by molar-refractivity contribution is 5.36. The molecule has 0 amide bonds. The normalized spacial score (nSPS) is 34.4. The van der Waals surface area contributed by atoms with Crippen LogP contribution in [0.2, 0.25) is 0 Å². The first kappa shape index (κ1) is 22.8. The Morgan fingerprint density at radius 1 is 1.28 bits per heavy atom. The maximum Gasteiger partial charge on any atom is 0.0613 e. The van der Waals surface area contributed by atoms with E-state index in [2.05, 4.69) is 39.0 Å². The van der Waals surface area contributed by atoms with E-state index in [0.717, 1.165) is 25.7 Å². The molecule has 3 heteroatoms. The molecule has 0 aromatic rings. The molecule has 0 heterocycles. The lowest BCUT2D eigenvalue weighted by molar-refractivity contribution is -0.0432. The number of rotatable bonds is 7. The molecule has 2 N–H and O–H groups in total. The fourth-order valence-corrected chi connectivity index (χ4v) is 5.91. The van der Waals surface area contributed by atoms with Gasteiger partial charge in [0.15, 0.2) is 0 Å². The summed E-state index contributed by atoms with van der Waals surface area (Å²) in [5.41, 5.74) is 3.88. The maximum absolute atomic E-state index is 10.0. The van der Waals surface area contributed by atoms with Crippen LogP contribution in [-0.4, -0.2) is 34.6 Å². The van der Waals surface area contributed by atoms with Crippen molar-refractivity contribution < 1.29 is 14.9 Å². The molecule has 3 aliphatic rings. The molecule has 0 saturated heterocycles. The van der Waals surface area contributed by atoms with E-state index in [1.165, 1.54) is 36.0 Å². The van der Waals surface area contributed by atoms with Gasteiger partial charge in [-0.3, -0.25) is 0 Å². The molecule has 0 aromatic heterocycles. The van der Waals surface area contributed by atoms with Crippen molar-refractivity contribution in [3.63, 3.8) is 0 Å². The number of ether oxygens (including phenoxy) is 1. The van der Waals surface area contributed by atoms with Gasteiger partial charge in [0, 0.05) is 6.61 Å². The van der Waals surface area contributed by atoms with E-state index < -0.39 is 5.60 Å². The van der Waals surface area contributed by atoms with Crippen LogP contribution < -0.4 is 0 Å². The first-order valence-electron chi connectivity index (χ1n) is 11.7. The Kier molecular flexibility index (Phi) is 7.13. The highest BCUT2D eigenvalue weighted by Gasteiger charge is 2.50. The Morgan fingerprint density at radius 3 is 2.76 bits per heavy atom. The van der Waals surface area contributed by atoms with Crippen LogP contribution in [0.3, 0.4) is 0 Å². The van der Waals surface area contributed by atoms with Gasteiger partial charge >= 0.3 is 0 Å². The van der Waals surface area contributed by atoms with Gasteiger partial charge in [0.1, 0.15) is 0 Å². The highest BCUT2D eigenvalue weighted by Crippen LogP contribution is 2.57. The Bertz CT molecular complexity index is 666. The van der Waals surface area contributed by atoms with Crippen molar-refractivity contribution in [2.75, 3.05) is 6.61 Å². The molecule has 164 valence electrons. The molecule has 0 bridgehead atoms. The summed E-state index contributed by atoms with van der Waals surface area (Å²) in [5, 5.41) is 20.0. The minimum Gasteiger partial charge on any atom is -0.393 e. The Hall–Kier alpha value is -0.900. The van der Waals surface area contributed by atoms with Gasteiger partial charge in [0.25, 0.3) is 0 Å². The SMILES string of the molecule is CC1=C(C=CC2=CCC[C@]3(C)[C@@H]([C@H](C)OCCC(C)(C)O)CC[C@@H]23)C[C@@H](O)CC1. The monoisotopic (exact) mass is 402 g/mol. The number of aliphatic hydroxyl groups excluding tert-OH is 1. The second-order valence-corrected chi connectivity index (χ2v) is 10.7. The summed E-state index contributed by atoms with van der Waals surface area (Å²) in [6.07, 6.45) is 15.4. The molecule has 5 atom stereocenters. The van der Waals surface area contributed by atoms with Crippen molar-refractivity contribution in [1.82, 2.24) is 0 Å². The number of fused-ring (bicyclic) bond motifs is 1. The van der Waals surface area contributed by atoms with Gasteiger partial charge in [0.2, 0.25) is 0 Å². The number of hydrogen-bond donors (Lipinski definition) is 2.